The lowest BCUT2D eigenvalue weighted by Crippen LogP contribution is -2.06. The van der Waals surface area contributed by atoms with Gasteiger partial charge in [0.15, 0.2) is 12.0 Å². The van der Waals surface area contributed by atoms with Crippen LogP contribution in [-0.4, -0.2) is 16.1 Å². The van der Waals surface area contributed by atoms with E-state index in [1.807, 2.05) is 0 Å². The molecule has 2 rings (SSSR count). The maximum absolute atomic E-state index is 12.4. The van der Waals surface area contributed by atoms with E-state index >= 15 is 0 Å². The maximum atomic E-state index is 12.4. The summed E-state index contributed by atoms with van der Waals surface area (Å²) in [6, 6.07) is 4.14. The van der Waals surface area contributed by atoms with Gasteiger partial charge >= 0.3 is 6.18 Å². The number of aryl methyl sites for hydroxylation is 1. The lowest BCUT2D eigenvalue weighted by atomic mass is 10.3. The highest BCUT2D eigenvalue weighted by Gasteiger charge is 2.34. The Morgan fingerprint density at radius 2 is 2.12 bits per heavy atom. The minimum absolute atomic E-state index is 0.343. The summed E-state index contributed by atoms with van der Waals surface area (Å²) in [5.74, 6) is 0. The van der Waals surface area contributed by atoms with Crippen molar-refractivity contribution >= 4 is 17.6 Å². The first kappa shape index (κ1) is 11.8. The quantitative estimate of drug-likeness (QED) is 0.778. The first-order valence-electron chi connectivity index (χ1n) is 4.58. The summed E-state index contributed by atoms with van der Waals surface area (Å²) in [6.45, 7) is 0. The van der Waals surface area contributed by atoms with Gasteiger partial charge in [-0.2, -0.15) is 18.3 Å². The fourth-order valence-corrected chi connectivity index (χ4v) is 2.26. The molecule has 0 aliphatic carbocycles. The predicted octanol–water partition coefficient (Wildman–Crippen LogP) is 2.98. The summed E-state index contributed by atoms with van der Waals surface area (Å²) in [6.07, 6.45) is -3.80. The van der Waals surface area contributed by atoms with Gasteiger partial charge in [0.05, 0.1) is 15.4 Å². The van der Waals surface area contributed by atoms with Gasteiger partial charge in [-0.3, -0.25) is 9.48 Å². The normalized spacial score (nSPS) is 11.8. The van der Waals surface area contributed by atoms with Crippen LogP contribution in [-0.2, 0) is 13.2 Å². The third-order valence-electron chi connectivity index (χ3n) is 2.17. The Balaban J connectivity index is 2.46. The molecule has 3 nitrogen and oxygen atoms in total. The molecule has 7 heteroatoms. The summed E-state index contributed by atoms with van der Waals surface area (Å²) in [5, 5.41) is 3.40. The topological polar surface area (TPSA) is 34.9 Å². The Labute approximate surface area is 98.5 Å². The Morgan fingerprint density at radius 1 is 1.41 bits per heavy atom. The van der Waals surface area contributed by atoms with Gasteiger partial charge in [0, 0.05) is 7.05 Å². The zero-order chi connectivity index (χ0) is 12.6. The number of aldehydes is 1. The number of nitrogens with zero attached hydrogens (tertiary/aromatic N) is 2. The minimum atomic E-state index is -4.46. The van der Waals surface area contributed by atoms with Gasteiger partial charge in [-0.05, 0) is 18.2 Å². The molecule has 0 aliphatic rings. The SMILES string of the molecule is Cn1nc(C(F)(F)F)cc1-c1ccc(C=O)s1. The average molecular weight is 260 g/mol. The summed E-state index contributed by atoms with van der Waals surface area (Å²) < 4.78 is 38.5. The van der Waals surface area contributed by atoms with E-state index in [2.05, 4.69) is 5.10 Å². The molecule has 0 atom stereocenters. The van der Waals surface area contributed by atoms with Crippen LogP contribution >= 0.6 is 11.3 Å². The molecular formula is C10H7F3N2OS. The number of hydrogen-bond donors (Lipinski definition) is 0. The van der Waals surface area contributed by atoms with Crippen LogP contribution in [0, 0.1) is 0 Å². The lowest BCUT2D eigenvalue weighted by molar-refractivity contribution is -0.141. The fourth-order valence-electron chi connectivity index (χ4n) is 1.39. The molecule has 0 radical (unpaired) electrons. The molecule has 0 saturated carbocycles. The molecular weight excluding hydrogens is 253 g/mol. The Kier molecular flexibility index (Phi) is 2.78. The van der Waals surface area contributed by atoms with Crippen LogP contribution in [0.5, 0.6) is 0 Å². The van der Waals surface area contributed by atoms with Crippen LogP contribution in [0.2, 0.25) is 0 Å². The Morgan fingerprint density at radius 3 is 2.59 bits per heavy atom. The molecule has 0 amide bonds. The molecule has 2 heterocycles. The summed E-state index contributed by atoms with van der Waals surface area (Å²) in [4.78, 5) is 11.6. The summed E-state index contributed by atoms with van der Waals surface area (Å²) in [7, 11) is 1.44. The van der Waals surface area contributed by atoms with Crippen LogP contribution in [0.3, 0.4) is 0 Å². The van der Waals surface area contributed by atoms with Crippen LogP contribution < -0.4 is 0 Å². The monoisotopic (exact) mass is 260 g/mol. The number of thiophene rings is 1. The van der Waals surface area contributed by atoms with Gasteiger partial charge in [0.2, 0.25) is 0 Å². The first-order valence-corrected chi connectivity index (χ1v) is 5.40. The number of halogens is 3. The molecule has 0 aliphatic heterocycles. The average Bonchev–Trinajstić information content (AvgIpc) is 2.82. The van der Waals surface area contributed by atoms with Gasteiger partial charge in [-0.1, -0.05) is 0 Å². The van der Waals surface area contributed by atoms with Crippen LogP contribution in [0.1, 0.15) is 15.4 Å². The standard InChI is InChI=1S/C10H7F3N2OS/c1-15-7(4-9(14-15)10(11,12)13)8-3-2-6(5-16)17-8/h2-5H,1H3. The number of carbonyl (C=O) groups is 1. The van der Waals surface area contributed by atoms with E-state index in [0.717, 1.165) is 22.1 Å². The van der Waals surface area contributed by atoms with Gasteiger partial charge in [-0.15, -0.1) is 11.3 Å². The predicted molar refractivity (Wildman–Crippen MR) is 56.9 cm³/mol. The molecule has 2 aromatic rings. The molecule has 2 aromatic heterocycles. The van der Waals surface area contributed by atoms with E-state index in [1.165, 1.54) is 7.05 Å². The molecule has 90 valence electrons. The van der Waals surface area contributed by atoms with E-state index < -0.39 is 11.9 Å². The zero-order valence-electron chi connectivity index (χ0n) is 8.65. The molecule has 0 fully saturated rings. The first-order chi connectivity index (χ1) is 7.91. The number of hydrogen-bond acceptors (Lipinski definition) is 3. The van der Waals surface area contributed by atoms with Crippen LogP contribution in [0.4, 0.5) is 13.2 Å². The minimum Gasteiger partial charge on any atom is -0.297 e. The lowest BCUT2D eigenvalue weighted by Gasteiger charge is -1.98. The van der Waals surface area contributed by atoms with Crippen LogP contribution in [0.25, 0.3) is 10.6 Å². The molecule has 0 N–H and O–H groups in total. The van der Waals surface area contributed by atoms with Crippen molar-refractivity contribution in [2.24, 2.45) is 7.05 Å². The van der Waals surface area contributed by atoms with E-state index in [9.17, 15) is 18.0 Å². The highest BCUT2D eigenvalue weighted by molar-refractivity contribution is 7.17. The number of alkyl halides is 3. The molecule has 0 spiro atoms. The molecule has 0 aromatic carbocycles. The van der Waals surface area contributed by atoms with Crippen molar-refractivity contribution in [2.45, 2.75) is 6.18 Å². The zero-order valence-corrected chi connectivity index (χ0v) is 9.47. The highest BCUT2D eigenvalue weighted by Crippen LogP contribution is 2.33. The summed E-state index contributed by atoms with van der Waals surface area (Å²) in [5.41, 5.74) is -0.591. The van der Waals surface area contributed by atoms with E-state index in [-0.39, 0.29) is 0 Å². The van der Waals surface area contributed by atoms with Crippen LogP contribution in [0.15, 0.2) is 18.2 Å². The van der Waals surface area contributed by atoms with Gasteiger partial charge in [-0.25, -0.2) is 0 Å². The third-order valence-corrected chi connectivity index (χ3v) is 3.20. The van der Waals surface area contributed by atoms with Gasteiger partial charge < -0.3 is 0 Å². The second kappa shape index (κ2) is 3.99. The Hall–Kier alpha value is -1.63. The molecule has 0 bridgehead atoms. The van der Waals surface area contributed by atoms with Gasteiger partial charge in [0.25, 0.3) is 0 Å². The van der Waals surface area contributed by atoms with Crippen molar-refractivity contribution in [1.82, 2.24) is 9.78 Å². The van der Waals surface area contributed by atoms with E-state index in [1.54, 1.807) is 12.1 Å². The Bertz CT molecular complexity index is 556. The number of aromatic nitrogens is 2. The number of carbonyl (C=O) groups excluding carboxylic acids is 1. The van der Waals surface area contributed by atoms with E-state index in [0.29, 0.717) is 21.7 Å². The van der Waals surface area contributed by atoms with Gasteiger partial charge in [0.1, 0.15) is 0 Å². The molecule has 17 heavy (non-hydrogen) atoms. The molecule has 0 unspecified atom stereocenters. The smallest absolute Gasteiger partial charge is 0.297 e. The third kappa shape index (κ3) is 2.23. The van der Waals surface area contributed by atoms with E-state index in [4.69, 9.17) is 0 Å². The second-order valence-corrected chi connectivity index (χ2v) is 4.47. The van der Waals surface area contributed by atoms with Crippen molar-refractivity contribution in [3.63, 3.8) is 0 Å². The highest BCUT2D eigenvalue weighted by atomic mass is 32.1. The van der Waals surface area contributed by atoms with Crippen molar-refractivity contribution in [3.05, 3.63) is 28.8 Å². The number of rotatable bonds is 2. The largest absolute Gasteiger partial charge is 0.435 e. The summed E-state index contributed by atoms with van der Waals surface area (Å²) >= 11 is 1.13. The maximum Gasteiger partial charge on any atom is 0.435 e. The molecule has 0 saturated heterocycles. The second-order valence-electron chi connectivity index (χ2n) is 3.36. The fraction of sp³-hybridized carbons (Fsp3) is 0.200. The van der Waals surface area contributed by atoms with Crippen molar-refractivity contribution in [3.8, 4) is 10.6 Å². The van der Waals surface area contributed by atoms with Crippen molar-refractivity contribution in [1.29, 1.82) is 0 Å². The van der Waals surface area contributed by atoms with Crippen molar-refractivity contribution in [2.75, 3.05) is 0 Å². The van der Waals surface area contributed by atoms with Crippen molar-refractivity contribution < 1.29 is 18.0 Å².